The second kappa shape index (κ2) is 9.27. The molecule has 0 radical (unpaired) electrons. The van der Waals surface area contributed by atoms with Gasteiger partial charge in [0.2, 0.25) is 15.9 Å². The fourth-order valence-corrected chi connectivity index (χ4v) is 3.76. The van der Waals surface area contributed by atoms with Gasteiger partial charge in [-0.15, -0.1) is 0 Å². The van der Waals surface area contributed by atoms with E-state index in [9.17, 15) is 26.4 Å². The number of sulfonamides is 1. The minimum Gasteiger partial charge on any atom is -0.325 e. The first-order valence-corrected chi connectivity index (χ1v) is 10.6. The van der Waals surface area contributed by atoms with Crippen molar-refractivity contribution in [1.82, 2.24) is 9.71 Å². The Bertz CT molecular complexity index is 1150. The van der Waals surface area contributed by atoms with Gasteiger partial charge in [0.05, 0.1) is 17.0 Å². The van der Waals surface area contributed by atoms with E-state index in [1.54, 1.807) is 24.5 Å². The highest BCUT2D eigenvalue weighted by Crippen LogP contribution is 2.30. The molecular formula is C21H18F3N3O3S. The number of nitrogens with one attached hydrogen (secondary N) is 2. The van der Waals surface area contributed by atoms with Gasteiger partial charge in [0, 0.05) is 18.1 Å². The number of benzene rings is 2. The number of halogens is 3. The molecule has 0 atom stereocenters. The highest BCUT2D eigenvalue weighted by molar-refractivity contribution is 7.89. The van der Waals surface area contributed by atoms with Crippen LogP contribution in [-0.2, 0) is 27.4 Å². The molecule has 162 valence electrons. The zero-order valence-corrected chi connectivity index (χ0v) is 16.9. The first kappa shape index (κ1) is 22.4. The Morgan fingerprint density at radius 3 is 2.23 bits per heavy atom. The zero-order chi connectivity index (χ0) is 22.5. The van der Waals surface area contributed by atoms with Crippen LogP contribution in [0.25, 0.3) is 0 Å². The van der Waals surface area contributed by atoms with E-state index in [0.717, 1.165) is 29.3 Å². The number of amides is 1. The van der Waals surface area contributed by atoms with Crippen LogP contribution in [0.1, 0.15) is 16.7 Å². The monoisotopic (exact) mass is 449 g/mol. The number of anilines is 1. The topological polar surface area (TPSA) is 88.2 Å². The largest absolute Gasteiger partial charge is 0.416 e. The van der Waals surface area contributed by atoms with Gasteiger partial charge < -0.3 is 5.32 Å². The lowest BCUT2D eigenvalue weighted by Gasteiger charge is -2.11. The third kappa shape index (κ3) is 6.37. The molecule has 2 N–H and O–H groups in total. The Hall–Kier alpha value is -3.24. The molecule has 0 aliphatic carbocycles. The number of pyridine rings is 1. The van der Waals surface area contributed by atoms with Crippen LogP contribution in [0.2, 0.25) is 0 Å². The number of hydrogen-bond acceptors (Lipinski definition) is 4. The summed E-state index contributed by atoms with van der Waals surface area (Å²) in [6.07, 6.45) is -0.589. The molecule has 0 saturated heterocycles. The summed E-state index contributed by atoms with van der Waals surface area (Å²) in [6.45, 7) is -0.628. The Morgan fingerprint density at radius 2 is 1.58 bits per heavy atom. The molecule has 2 aromatic carbocycles. The first-order valence-electron chi connectivity index (χ1n) is 9.08. The second-order valence-corrected chi connectivity index (χ2v) is 8.39. The summed E-state index contributed by atoms with van der Waals surface area (Å²) in [6, 6.07) is 14.1. The number of nitrogens with zero attached hydrogens (tertiary/aromatic N) is 1. The van der Waals surface area contributed by atoms with Crippen molar-refractivity contribution in [2.24, 2.45) is 0 Å². The number of carbonyl (C=O) groups excluding carboxylic acids is 1. The SMILES string of the molecule is O=C(CNS(=O)(=O)c1cccc(C(F)(F)F)c1)Nc1ccc(Cc2ccncc2)cc1. The molecule has 0 saturated carbocycles. The highest BCUT2D eigenvalue weighted by Gasteiger charge is 2.31. The summed E-state index contributed by atoms with van der Waals surface area (Å²) in [5.74, 6) is -0.655. The minimum absolute atomic E-state index is 0.460. The molecule has 31 heavy (non-hydrogen) atoms. The minimum atomic E-state index is -4.67. The van der Waals surface area contributed by atoms with Gasteiger partial charge >= 0.3 is 6.18 Å². The van der Waals surface area contributed by atoms with Crippen LogP contribution in [0.4, 0.5) is 18.9 Å². The molecule has 0 bridgehead atoms. The molecule has 0 spiro atoms. The van der Waals surface area contributed by atoms with Gasteiger partial charge in [-0.2, -0.15) is 13.2 Å². The molecule has 0 aliphatic heterocycles. The van der Waals surface area contributed by atoms with Crippen LogP contribution in [0.3, 0.4) is 0 Å². The Kier molecular flexibility index (Phi) is 6.71. The lowest BCUT2D eigenvalue weighted by atomic mass is 10.1. The maximum atomic E-state index is 12.8. The van der Waals surface area contributed by atoms with Crippen molar-refractivity contribution in [3.05, 3.63) is 89.7 Å². The number of carbonyl (C=O) groups is 1. The van der Waals surface area contributed by atoms with E-state index in [1.807, 2.05) is 29.0 Å². The van der Waals surface area contributed by atoms with Crippen LogP contribution in [0.15, 0.2) is 78.0 Å². The first-order chi connectivity index (χ1) is 14.6. The molecule has 10 heteroatoms. The molecule has 1 aromatic heterocycles. The van der Waals surface area contributed by atoms with Gasteiger partial charge in [0.1, 0.15) is 0 Å². The molecular weight excluding hydrogens is 431 g/mol. The van der Waals surface area contributed by atoms with Crippen molar-refractivity contribution in [1.29, 1.82) is 0 Å². The van der Waals surface area contributed by atoms with Gasteiger partial charge in [-0.3, -0.25) is 9.78 Å². The van der Waals surface area contributed by atoms with Crippen molar-refractivity contribution >= 4 is 21.6 Å². The molecule has 0 aliphatic rings. The maximum absolute atomic E-state index is 12.8. The Balaban J connectivity index is 1.57. The third-order valence-electron chi connectivity index (χ3n) is 4.29. The standard InChI is InChI=1S/C21H18F3N3O3S/c22-21(23,24)17-2-1-3-19(13-17)31(29,30)26-14-20(28)27-18-6-4-15(5-7-18)12-16-8-10-25-11-9-16/h1-11,13,26H,12,14H2,(H,27,28). The maximum Gasteiger partial charge on any atom is 0.416 e. The van der Waals surface area contributed by atoms with Crippen LogP contribution in [0, 0.1) is 0 Å². The lowest BCUT2D eigenvalue weighted by molar-refractivity contribution is -0.137. The number of hydrogen-bond donors (Lipinski definition) is 2. The summed E-state index contributed by atoms with van der Waals surface area (Å²) in [4.78, 5) is 15.5. The quantitative estimate of drug-likeness (QED) is 0.577. The van der Waals surface area contributed by atoms with Crippen LogP contribution in [0.5, 0.6) is 0 Å². The summed E-state index contributed by atoms with van der Waals surface area (Å²) >= 11 is 0. The zero-order valence-electron chi connectivity index (χ0n) is 16.1. The number of alkyl halides is 3. The summed E-state index contributed by atoms with van der Waals surface area (Å²) < 4.78 is 64.8. The van der Waals surface area contributed by atoms with Crippen LogP contribution in [-0.4, -0.2) is 25.9 Å². The predicted molar refractivity (Wildman–Crippen MR) is 109 cm³/mol. The van der Waals surface area contributed by atoms with E-state index >= 15 is 0 Å². The van der Waals surface area contributed by atoms with Crippen molar-refractivity contribution in [2.45, 2.75) is 17.5 Å². The second-order valence-electron chi connectivity index (χ2n) is 6.63. The Morgan fingerprint density at radius 1 is 0.935 bits per heavy atom. The molecule has 1 amide bonds. The van der Waals surface area contributed by atoms with Crippen molar-refractivity contribution in [3.63, 3.8) is 0 Å². The fourth-order valence-electron chi connectivity index (χ4n) is 2.73. The van der Waals surface area contributed by atoms with E-state index in [1.165, 1.54) is 0 Å². The van der Waals surface area contributed by atoms with Gasteiger partial charge in [-0.05, 0) is 60.0 Å². The molecule has 0 fully saturated rings. The number of rotatable bonds is 7. The van der Waals surface area contributed by atoms with E-state index in [0.29, 0.717) is 18.2 Å². The van der Waals surface area contributed by atoms with Gasteiger partial charge in [0.15, 0.2) is 0 Å². The van der Waals surface area contributed by atoms with Crippen molar-refractivity contribution in [2.75, 3.05) is 11.9 Å². The van der Waals surface area contributed by atoms with E-state index in [4.69, 9.17) is 0 Å². The van der Waals surface area contributed by atoms with E-state index in [-0.39, 0.29) is 0 Å². The smallest absolute Gasteiger partial charge is 0.325 e. The predicted octanol–water partition coefficient (Wildman–Crippen LogP) is 3.61. The fraction of sp³-hybridized carbons (Fsp3) is 0.143. The Labute approximate surface area is 177 Å². The van der Waals surface area contributed by atoms with E-state index < -0.39 is 39.1 Å². The van der Waals surface area contributed by atoms with Crippen molar-refractivity contribution < 1.29 is 26.4 Å². The van der Waals surface area contributed by atoms with Crippen LogP contribution < -0.4 is 10.0 Å². The third-order valence-corrected chi connectivity index (χ3v) is 5.69. The molecule has 3 rings (SSSR count). The number of aromatic nitrogens is 1. The van der Waals surface area contributed by atoms with Gasteiger partial charge in [-0.25, -0.2) is 13.1 Å². The van der Waals surface area contributed by atoms with E-state index in [2.05, 4.69) is 10.3 Å². The van der Waals surface area contributed by atoms with Crippen LogP contribution >= 0.6 is 0 Å². The molecule has 3 aromatic rings. The molecule has 6 nitrogen and oxygen atoms in total. The normalized spacial score (nSPS) is 11.8. The average molecular weight is 449 g/mol. The summed E-state index contributed by atoms with van der Waals surface area (Å²) in [5.41, 5.74) is 1.46. The summed E-state index contributed by atoms with van der Waals surface area (Å²) in [5, 5.41) is 2.54. The van der Waals surface area contributed by atoms with Gasteiger partial charge in [-0.1, -0.05) is 18.2 Å². The van der Waals surface area contributed by atoms with Crippen molar-refractivity contribution in [3.8, 4) is 0 Å². The lowest BCUT2D eigenvalue weighted by Crippen LogP contribution is -2.33. The summed E-state index contributed by atoms with van der Waals surface area (Å²) in [7, 11) is -4.29. The highest BCUT2D eigenvalue weighted by atomic mass is 32.2. The van der Waals surface area contributed by atoms with Gasteiger partial charge in [0.25, 0.3) is 0 Å². The molecule has 0 unspecified atom stereocenters. The average Bonchev–Trinajstić information content (AvgIpc) is 2.74. The molecule has 1 heterocycles.